The van der Waals surface area contributed by atoms with Crippen LogP contribution < -0.4 is 5.32 Å². The van der Waals surface area contributed by atoms with Gasteiger partial charge in [-0.1, -0.05) is 18.6 Å². The van der Waals surface area contributed by atoms with Gasteiger partial charge in [-0.2, -0.15) is 0 Å². The van der Waals surface area contributed by atoms with E-state index in [0.717, 1.165) is 25.0 Å². The highest BCUT2D eigenvalue weighted by Crippen LogP contribution is 2.29. The number of fused-ring (bicyclic) bond motifs is 1. The highest BCUT2D eigenvalue weighted by Gasteiger charge is 2.17. The Kier molecular flexibility index (Phi) is 3.78. The predicted octanol–water partition coefficient (Wildman–Crippen LogP) is 3.80. The second-order valence-corrected chi connectivity index (χ2v) is 5.97. The summed E-state index contributed by atoms with van der Waals surface area (Å²) in [5.41, 5.74) is 1.15. The molecule has 1 aromatic carbocycles. The van der Waals surface area contributed by atoms with Crippen molar-refractivity contribution in [2.24, 2.45) is 0 Å². The molecule has 0 spiro atoms. The van der Waals surface area contributed by atoms with Gasteiger partial charge in [0.15, 0.2) is 5.13 Å². The molecule has 5 heteroatoms. The smallest absolute Gasteiger partial charge is 0.260 e. The van der Waals surface area contributed by atoms with Crippen LogP contribution in [0.5, 0.6) is 0 Å². The Morgan fingerprint density at radius 2 is 2.00 bits per heavy atom. The number of nitrogens with zero attached hydrogens (tertiary/aromatic N) is 1. The van der Waals surface area contributed by atoms with Crippen LogP contribution in [0.4, 0.5) is 9.52 Å². The Bertz CT molecular complexity index is 615. The summed E-state index contributed by atoms with van der Waals surface area (Å²) in [5, 5.41) is 3.28. The van der Waals surface area contributed by atoms with Crippen molar-refractivity contribution in [2.45, 2.75) is 32.1 Å². The zero-order valence-electron chi connectivity index (χ0n) is 11.0. The van der Waals surface area contributed by atoms with Gasteiger partial charge in [0, 0.05) is 4.88 Å². The number of hydrogen-bond acceptors (Lipinski definition) is 3. The maximum atomic E-state index is 13.5. The van der Waals surface area contributed by atoms with E-state index in [2.05, 4.69) is 10.3 Å². The van der Waals surface area contributed by atoms with Gasteiger partial charge in [0.2, 0.25) is 0 Å². The van der Waals surface area contributed by atoms with E-state index in [9.17, 15) is 9.18 Å². The summed E-state index contributed by atoms with van der Waals surface area (Å²) in [6.45, 7) is 0. The van der Waals surface area contributed by atoms with Crippen LogP contribution >= 0.6 is 11.3 Å². The Morgan fingerprint density at radius 3 is 2.85 bits per heavy atom. The maximum Gasteiger partial charge on any atom is 0.260 e. The highest BCUT2D eigenvalue weighted by atomic mass is 32.1. The lowest BCUT2D eigenvalue weighted by atomic mass is 10.2. The standard InChI is InChI=1S/C15H15FN2OS/c16-11-7-5-4-6-10(11)14(19)18-15-17-12-8-2-1-3-9-13(12)20-15/h4-7H,1-3,8-9H2,(H,17,18,19). The van der Waals surface area contributed by atoms with Gasteiger partial charge in [-0.05, 0) is 37.8 Å². The number of carbonyl (C=O) groups is 1. The van der Waals surface area contributed by atoms with Gasteiger partial charge in [-0.3, -0.25) is 10.1 Å². The van der Waals surface area contributed by atoms with Crippen molar-refractivity contribution in [2.75, 3.05) is 5.32 Å². The van der Waals surface area contributed by atoms with E-state index in [-0.39, 0.29) is 5.56 Å². The zero-order chi connectivity index (χ0) is 13.9. The number of amides is 1. The molecule has 3 nitrogen and oxygen atoms in total. The number of hydrogen-bond donors (Lipinski definition) is 1. The first-order valence-corrected chi connectivity index (χ1v) is 7.60. The van der Waals surface area contributed by atoms with Crippen LogP contribution in [0.2, 0.25) is 0 Å². The SMILES string of the molecule is O=C(Nc1nc2c(s1)CCCCC2)c1ccccc1F. The van der Waals surface area contributed by atoms with Crippen LogP contribution in [0.3, 0.4) is 0 Å². The van der Waals surface area contributed by atoms with Crippen molar-refractivity contribution in [3.8, 4) is 0 Å². The first-order chi connectivity index (χ1) is 9.74. The fourth-order valence-corrected chi connectivity index (χ4v) is 3.44. The quantitative estimate of drug-likeness (QED) is 0.855. The summed E-state index contributed by atoms with van der Waals surface area (Å²) in [4.78, 5) is 17.8. The average Bonchev–Trinajstić information content (AvgIpc) is 2.68. The Morgan fingerprint density at radius 1 is 1.20 bits per heavy atom. The third-order valence-electron chi connectivity index (χ3n) is 3.43. The Balaban J connectivity index is 1.78. The maximum absolute atomic E-state index is 13.5. The molecule has 1 heterocycles. The van der Waals surface area contributed by atoms with Gasteiger partial charge in [0.05, 0.1) is 11.3 Å². The van der Waals surface area contributed by atoms with E-state index in [4.69, 9.17) is 0 Å². The molecule has 1 aliphatic carbocycles. The number of aromatic nitrogens is 1. The van der Waals surface area contributed by atoms with Crippen molar-refractivity contribution in [3.63, 3.8) is 0 Å². The Labute approximate surface area is 120 Å². The molecule has 1 aliphatic rings. The van der Waals surface area contributed by atoms with Crippen LogP contribution in [-0.2, 0) is 12.8 Å². The van der Waals surface area contributed by atoms with E-state index >= 15 is 0 Å². The predicted molar refractivity (Wildman–Crippen MR) is 77.7 cm³/mol. The van der Waals surface area contributed by atoms with Crippen LogP contribution in [0.1, 0.15) is 40.2 Å². The molecule has 0 saturated carbocycles. The number of aryl methyl sites for hydroxylation is 2. The second-order valence-electron chi connectivity index (χ2n) is 4.88. The minimum Gasteiger partial charge on any atom is -0.298 e. The highest BCUT2D eigenvalue weighted by molar-refractivity contribution is 7.15. The van der Waals surface area contributed by atoms with Gasteiger partial charge in [-0.15, -0.1) is 11.3 Å². The number of thiazole rings is 1. The molecular formula is C15H15FN2OS. The zero-order valence-corrected chi connectivity index (χ0v) is 11.8. The van der Waals surface area contributed by atoms with Gasteiger partial charge in [0.25, 0.3) is 5.91 Å². The third kappa shape index (κ3) is 2.72. The van der Waals surface area contributed by atoms with Gasteiger partial charge in [0.1, 0.15) is 5.82 Å². The lowest BCUT2D eigenvalue weighted by Crippen LogP contribution is -2.13. The van der Waals surface area contributed by atoms with Crippen LogP contribution in [-0.4, -0.2) is 10.9 Å². The molecule has 0 aliphatic heterocycles. The molecule has 2 aromatic rings. The minimum absolute atomic E-state index is 0.0536. The summed E-state index contributed by atoms with van der Waals surface area (Å²) in [6, 6.07) is 5.97. The van der Waals surface area contributed by atoms with Crippen molar-refractivity contribution >= 4 is 22.4 Å². The van der Waals surface area contributed by atoms with Crippen LogP contribution in [0.25, 0.3) is 0 Å². The van der Waals surface area contributed by atoms with Gasteiger partial charge >= 0.3 is 0 Å². The van der Waals surface area contributed by atoms with Crippen molar-refractivity contribution in [3.05, 3.63) is 46.2 Å². The molecule has 0 radical (unpaired) electrons. The normalized spacial score (nSPS) is 14.4. The van der Waals surface area contributed by atoms with Crippen LogP contribution in [0, 0.1) is 5.82 Å². The van der Waals surface area contributed by atoms with E-state index in [0.29, 0.717) is 5.13 Å². The second kappa shape index (κ2) is 5.71. The molecular weight excluding hydrogens is 275 g/mol. The lowest BCUT2D eigenvalue weighted by Gasteiger charge is -2.02. The monoisotopic (exact) mass is 290 g/mol. The Hall–Kier alpha value is -1.75. The summed E-state index contributed by atoms with van der Waals surface area (Å²) in [5.74, 6) is -0.949. The van der Waals surface area contributed by atoms with Crippen molar-refractivity contribution in [1.82, 2.24) is 4.98 Å². The van der Waals surface area contributed by atoms with Crippen molar-refractivity contribution < 1.29 is 9.18 Å². The molecule has 20 heavy (non-hydrogen) atoms. The molecule has 0 unspecified atom stereocenters. The van der Waals surface area contributed by atoms with E-state index in [1.165, 1.54) is 41.2 Å². The summed E-state index contributed by atoms with van der Waals surface area (Å²) in [7, 11) is 0. The van der Waals surface area contributed by atoms with Crippen LogP contribution in [0.15, 0.2) is 24.3 Å². The first-order valence-electron chi connectivity index (χ1n) is 6.78. The fraction of sp³-hybridized carbons (Fsp3) is 0.333. The summed E-state index contributed by atoms with van der Waals surface area (Å²) < 4.78 is 13.5. The molecule has 3 rings (SSSR count). The third-order valence-corrected chi connectivity index (χ3v) is 4.51. The first kappa shape index (κ1) is 13.2. The number of benzene rings is 1. The van der Waals surface area contributed by atoms with E-state index in [1.807, 2.05) is 0 Å². The summed E-state index contributed by atoms with van der Waals surface area (Å²) >= 11 is 1.51. The molecule has 0 saturated heterocycles. The molecule has 0 atom stereocenters. The average molecular weight is 290 g/mol. The topological polar surface area (TPSA) is 42.0 Å². The van der Waals surface area contributed by atoms with E-state index in [1.54, 1.807) is 12.1 Å². The largest absolute Gasteiger partial charge is 0.298 e. The molecule has 0 bridgehead atoms. The number of rotatable bonds is 2. The number of halogens is 1. The lowest BCUT2D eigenvalue weighted by molar-refractivity contribution is 0.102. The number of carbonyl (C=O) groups excluding carboxylic acids is 1. The molecule has 1 aromatic heterocycles. The van der Waals surface area contributed by atoms with Gasteiger partial charge in [-0.25, -0.2) is 9.37 Å². The van der Waals surface area contributed by atoms with E-state index < -0.39 is 11.7 Å². The number of nitrogens with one attached hydrogen (secondary N) is 1. The number of anilines is 1. The van der Waals surface area contributed by atoms with Gasteiger partial charge < -0.3 is 0 Å². The fourth-order valence-electron chi connectivity index (χ4n) is 2.39. The minimum atomic E-state index is -0.511. The molecule has 1 N–H and O–H groups in total. The summed E-state index contributed by atoms with van der Waals surface area (Å²) in [6.07, 6.45) is 5.57. The molecule has 1 amide bonds. The molecule has 104 valence electrons. The molecule has 0 fully saturated rings. The van der Waals surface area contributed by atoms with Crippen molar-refractivity contribution in [1.29, 1.82) is 0 Å².